The molecule has 11 nitrogen and oxygen atoms in total. The van der Waals surface area contributed by atoms with E-state index < -0.39 is 41.5 Å². The van der Waals surface area contributed by atoms with Gasteiger partial charge < -0.3 is 48.8 Å². The topological polar surface area (TPSA) is 153 Å². The lowest BCUT2D eigenvalue weighted by Crippen LogP contribution is -2.58. The summed E-state index contributed by atoms with van der Waals surface area (Å²) in [5.41, 5.74) is -0.818. The quantitative estimate of drug-likeness (QED) is 0.186. The third kappa shape index (κ3) is 8.13. The summed E-state index contributed by atoms with van der Waals surface area (Å²) in [6, 6.07) is 0. The molecule has 5 aliphatic rings. The molecule has 0 aromatic carbocycles. The van der Waals surface area contributed by atoms with Gasteiger partial charge in [0.2, 0.25) is 0 Å². The minimum absolute atomic E-state index is 0.0404. The summed E-state index contributed by atoms with van der Waals surface area (Å²) in [5.74, 6) is -3.08. The highest BCUT2D eigenvalue weighted by Crippen LogP contribution is 2.57. The van der Waals surface area contributed by atoms with Crippen LogP contribution in [-0.2, 0) is 33.2 Å². The molecule has 51 heavy (non-hydrogen) atoms. The fourth-order valence-corrected chi connectivity index (χ4v) is 10.5. The first-order valence-electron chi connectivity index (χ1n) is 19.6. The van der Waals surface area contributed by atoms with Gasteiger partial charge in [-0.05, 0) is 89.9 Å². The lowest BCUT2D eigenvalue weighted by atomic mass is 9.78. The number of aliphatic carboxylic acids is 1. The molecule has 5 saturated heterocycles. The van der Waals surface area contributed by atoms with E-state index in [9.17, 15) is 25.2 Å². The van der Waals surface area contributed by atoms with Crippen LogP contribution < -0.4 is 0 Å². The van der Waals surface area contributed by atoms with Gasteiger partial charge in [0.25, 0.3) is 0 Å². The molecule has 1 spiro atoms. The monoisotopic (exact) mass is 724 g/mol. The molecule has 0 amide bonds. The fraction of sp³-hybridized carbons (Fsp3) is 0.925. The Morgan fingerprint density at radius 3 is 2.33 bits per heavy atom. The van der Waals surface area contributed by atoms with Gasteiger partial charge >= 0.3 is 5.97 Å². The fourth-order valence-electron chi connectivity index (χ4n) is 10.5. The van der Waals surface area contributed by atoms with Crippen molar-refractivity contribution < 1.29 is 53.6 Å². The number of carboxylic acid groups (broad SMARTS) is 1. The number of hydrogen-bond donors (Lipinski definition) is 4. The second-order valence-corrected chi connectivity index (χ2v) is 17.8. The van der Waals surface area contributed by atoms with E-state index in [1.165, 1.54) is 0 Å². The Labute approximate surface area is 305 Å². The van der Waals surface area contributed by atoms with Crippen LogP contribution in [0.25, 0.3) is 0 Å². The van der Waals surface area contributed by atoms with E-state index in [1.807, 2.05) is 13.8 Å². The Morgan fingerprint density at radius 2 is 1.69 bits per heavy atom. The van der Waals surface area contributed by atoms with Crippen molar-refractivity contribution in [2.75, 3.05) is 13.7 Å². The standard InChI is InChI=1S/C40H68O11/c1-22(15-25(4)36(43)44)11-12-29(42)18-30-19-31(46-10)28(7)40(48-30)27(6)20-38(9,51-40)33-13-14-37(8,49-33)35-24(3)17-32(47-35)34-23(2)16-26(5)39(45,21-41)50-34/h15,22-24,26-35,41-42,45H,11-14,16-21H2,1-10H3,(H,43,44). The van der Waals surface area contributed by atoms with Gasteiger partial charge in [0.15, 0.2) is 11.6 Å². The summed E-state index contributed by atoms with van der Waals surface area (Å²) in [4.78, 5) is 11.2. The first kappa shape index (κ1) is 41.0. The molecule has 17 unspecified atom stereocenters. The molecule has 0 radical (unpaired) electrons. The lowest BCUT2D eigenvalue weighted by molar-refractivity contribution is -0.352. The highest BCUT2D eigenvalue weighted by molar-refractivity contribution is 5.85. The molecule has 0 saturated carbocycles. The number of allylic oxidation sites excluding steroid dienone is 1. The zero-order chi connectivity index (χ0) is 37.7. The molecule has 5 fully saturated rings. The van der Waals surface area contributed by atoms with Crippen LogP contribution in [0.4, 0.5) is 0 Å². The third-order valence-electron chi connectivity index (χ3n) is 13.5. The van der Waals surface area contributed by atoms with Gasteiger partial charge in [0.1, 0.15) is 0 Å². The summed E-state index contributed by atoms with van der Waals surface area (Å²) < 4.78 is 40.1. The maximum Gasteiger partial charge on any atom is 0.330 e. The zero-order valence-electron chi connectivity index (χ0n) is 32.8. The van der Waals surface area contributed by atoms with E-state index >= 15 is 0 Å². The largest absolute Gasteiger partial charge is 0.478 e. The van der Waals surface area contributed by atoms with Crippen molar-refractivity contribution in [3.05, 3.63) is 11.6 Å². The highest BCUT2D eigenvalue weighted by Gasteiger charge is 2.65. The molecule has 0 aromatic rings. The molecule has 0 aromatic heterocycles. The molecular weight excluding hydrogens is 656 g/mol. The summed E-state index contributed by atoms with van der Waals surface area (Å²) in [5, 5.41) is 41.2. The predicted octanol–water partition coefficient (Wildman–Crippen LogP) is 5.61. The van der Waals surface area contributed by atoms with Crippen LogP contribution in [0.15, 0.2) is 11.6 Å². The van der Waals surface area contributed by atoms with Crippen molar-refractivity contribution in [1.82, 2.24) is 0 Å². The number of aliphatic hydroxyl groups excluding tert-OH is 2. The van der Waals surface area contributed by atoms with Gasteiger partial charge in [-0.1, -0.05) is 47.6 Å². The summed E-state index contributed by atoms with van der Waals surface area (Å²) >= 11 is 0. The number of methoxy groups -OCH3 is 1. The van der Waals surface area contributed by atoms with Gasteiger partial charge in [-0.3, -0.25) is 0 Å². The third-order valence-corrected chi connectivity index (χ3v) is 13.5. The van der Waals surface area contributed by atoms with Gasteiger partial charge in [-0.25, -0.2) is 4.79 Å². The molecule has 17 atom stereocenters. The molecule has 0 bridgehead atoms. The van der Waals surface area contributed by atoms with E-state index in [0.717, 1.165) is 32.1 Å². The molecule has 5 rings (SSSR count). The second kappa shape index (κ2) is 15.5. The van der Waals surface area contributed by atoms with Gasteiger partial charge in [-0.2, -0.15) is 0 Å². The van der Waals surface area contributed by atoms with Crippen LogP contribution in [0.1, 0.15) is 120 Å². The molecule has 0 aliphatic carbocycles. The molecule has 5 aliphatic heterocycles. The minimum Gasteiger partial charge on any atom is -0.478 e. The Balaban J connectivity index is 1.24. The molecule has 4 N–H and O–H groups in total. The van der Waals surface area contributed by atoms with Crippen LogP contribution >= 0.6 is 0 Å². The van der Waals surface area contributed by atoms with Gasteiger partial charge in [0, 0.05) is 36.9 Å². The highest BCUT2D eigenvalue weighted by atomic mass is 16.7. The molecule has 294 valence electrons. The summed E-state index contributed by atoms with van der Waals surface area (Å²) in [7, 11) is 1.73. The average molecular weight is 725 g/mol. The van der Waals surface area contributed by atoms with Crippen LogP contribution in [0.3, 0.4) is 0 Å². The van der Waals surface area contributed by atoms with Crippen molar-refractivity contribution in [3.63, 3.8) is 0 Å². The van der Waals surface area contributed by atoms with E-state index in [-0.39, 0.29) is 72.1 Å². The second-order valence-electron chi connectivity index (χ2n) is 17.8. The Morgan fingerprint density at radius 1 is 0.980 bits per heavy atom. The van der Waals surface area contributed by atoms with Crippen molar-refractivity contribution in [3.8, 4) is 0 Å². The number of rotatable bonds is 12. The average Bonchev–Trinajstić information content (AvgIpc) is 3.74. The molecule has 11 heteroatoms. The van der Waals surface area contributed by atoms with E-state index in [0.29, 0.717) is 31.3 Å². The van der Waals surface area contributed by atoms with E-state index in [1.54, 1.807) is 20.1 Å². The number of ether oxygens (including phenoxy) is 6. The normalized spacial score (nSPS) is 49.0. The Hall–Kier alpha value is -1.15. The lowest BCUT2D eigenvalue weighted by Gasteiger charge is -2.50. The molecular formula is C40H68O11. The first-order valence-corrected chi connectivity index (χ1v) is 19.6. The van der Waals surface area contributed by atoms with Gasteiger partial charge in [0.05, 0.1) is 60.5 Å². The van der Waals surface area contributed by atoms with Crippen molar-refractivity contribution in [2.24, 2.45) is 35.5 Å². The van der Waals surface area contributed by atoms with Crippen LogP contribution in [0.2, 0.25) is 0 Å². The van der Waals surface area contributed by atoms with Crippen molar-refractivity contribution in [1.29, 1.82) is 0 Å². The number of hydrogen-bond acceptors (Lipinski definition) is 10. The van der Waals surface area contributed by atoms with Crippen LogP contribution in [0, 0.1) is 35.5 Å². The van der Waals surface area contributed by atoms with Gasteiger partial charge in [-0.15, -0.1) is 0 Å². The maximum atomic E-state index is 11.2. The van der Waals surface area contributed by atoms with Crippen molar-refractivity contribution in [2.45, 2.75) is 186 Å². The summed E-state index contributed by atoms with van der Waals surface area (Å²) in [6.45, 7) is 18.0. The number of carboxylic acids is 1. The van der Waals surface area contributed by atoms with Crippen LogP contribution in [0.5, 0.6) is 0 Å². The Kier molecular flexibility index (Phi) is 12.5. The van der Waals surface area contributed by atoms with E-state index in [2.05, 4.69) is 41.5 Å². The predicted molar refractivity (Wildman–Crippen MR) is 191 cm³/mol. The first-order chi connectivity index (χ1) is 23.8. The van der Waals surface area contributed by atoms with Crippen LogP contribution in [-0.4, -0.2) is 106 Å². The number of carbonyl (C=O) groups is 1. The SMILES string of the molecule is COC1CC(CC(O)CCC(C)C=C(C)C(=O)O)OC2(OC(C)(C3CCC(C)(C4OC(C5OC(O)(CO)C(C)CC5C)CC4C)O3)CC2C)C1C. The van der Waals surface area contributed by atoms with E-state index in [4.69, 9.17) is 28.4 Å². The Bertz CT molecular complexity index is 1240. The maximum absolute atomic E-state index is 11.2. The van der Waals surface area contributed by atoms with Crippen molar-refractivity contribution >= 4 is 5.97 Å². The minimum atomic E-state index is -1.56. The smallest absolute Gasteiger partial charge is 0.330 e. The summed E-state index contributed by atoms with van der Waals surface area (Å²) in [6.07, 6.45) is 6.24. The number of aliphatic hydroxyl groups is 3. The molecule has 5 heterocycles. The zero-order valence-corrected chi connectivity index (χ0v) is 32.8.